The van der Waals surface area contributed by atoms with Gasteiger partial charge < -0.3 is 0 Å². The minimum absolute atomic E-state index is 0.160. The molecule has 2 aliphatic rings. The summed E-state index contributed by atoms with van der Waals surface area (Å²) in [6.07, 6.45) is 2.23. The normalized spacial score (nSPS) is 27.9. The number of hydrogen-bond acceptors (Lipinski definition) is 3. The van der Waals surface area contributed by atoms with Gasteiger partial charge in [0.15, 0.2) is 0 Å². The molecule has 2 aliphatic heterocycles. The summed E-state index contributed by atoms with van der Waals surface area (Å²) in [4.78, 5) is 3.80. The molecule has 3 rings (SSSR count). The number of hydrogen-bond donors (Lipinski definition) is 0. The highest BCUT2D eigenvalue weighted by atomic mass is 32.2. The lowest BCUT2D eigenvalue weighted by molar-refractivity contribution is 0.281. The van der Waals surface area contributed by atoms with Gasteiger partial charge in [0.25, 0.3) is 0 Å². The van der Waals surface area contributed by atoms with Gasteiger partial charge in [0, 0.05) is 23.1 Å². The third-order valence-electron chi connectivity index (χ3n) is 3.77. The summed E-state index contributed by atoms with van der Waals surface area (Å²) < 4.78 is 0. The Morgan fingerprint density at radius 3 is 3.18 bits per heavy atom. The first-order valence-electron chi connectivity index (χ1n) is 6.24. The Balaban J connectivity index is 1.73. The molecule has 2 nitrogen and oxygen atoms in total. The summed E-state index contributed by atoms with van der Waals surface area (Å²) in [5, 5.41) is 9.11. The molecule has 88 valence electrons. The zero-order chi connectivity index (χ0) is 11.7. The molecule has 3 heteroatoms. The van der Waals surface area contributed by atoms with Crippen molar-refractivity contribution >= 4 is 11.8 Å². The molecule has 2 heterocycles. The highest BCUT2D eigenvalue weighted by Gasteiger charge is 2.30. The fraction of sp³-hybridized carbons (Fsp3) is 0.500. The first-order valence-corrected chi connectivity index (χ1v) is 7.22. The van der Waals surface area contributed by atoms with E-state index in [2.05, 4.69) is 35.2 Å². The van der Waals surface area contributed by atoms with Crippen molar-refractivity contribution in [2.24, 2.45) is 0 Å². The third kappa shape index (κ3) is 2.08. The van der Waals surface area contributed by atoms with Gasteiger partial charge in [-0.2, -0.15) is 5.26 Å². The van der Waals surface area contributed by atoms with E-state index in [0.29, 0.717) is 5.92 Å². The summed E-state index contributed by atoms with van der Waals surface area (Å²) in [6.45, 7) is 2.16. The Morgan fingerprint density at radius 1 is 1.41 bits per heavy atom. The van der Waals surface area contributed by atoms with Crippen LogP contribution in [0.15, 0.2) is 29.2 Å². The number of nitriles is 1. The highest BCUT2D eigenvalue weighted by molar-refractivity contribution is 7.99. The van der Waals surface area contributed by atoms with Crippen molar-refractivity contribution in [3.8, 4) is 6.07 Å². The predicted molar refractivity (Wildman–Crippen MR) is 70.1 cm³/mol. The Kier molecular flexibility index (Phi) is 3.09. The molecule has 0 bridgehead atoms. The first kappa shape index (κ1) is 11.1. The van der Waals surface area contributed by atoms with Crippen LogP contribution >= 0.6 is 11.8 Å². The number of fused-ring (bicyclic) bond motifs is 1. The summed E-state index contributed by atoms with van der Waals surface area (Å²) in [6, 6.07) is 11.3. The van der Waals surface area contributed by atoms with Gasteiger partial charge >= 0.3 is 0 Å². The zero-order valence-corrected chi connectivity index (χ0v) is 10.6. The lowest BCUT2D eigenvalue weighted by Gasteiger charge is -2.23. The fourth-order valence-corrected chi connectivity index (χ4v) is 4.10. The maximum atomic E-state index is 9.11. The van der Waals surface area contributed by atoms with Crippen molar-refractivity contribution in [1.82, 2.24) is 4.90 Å². The van der Waals surface area contributed by atoms with Crippen LogP contribution in [0.1, 0.15) is 24.3 Å². The second-order valence-corrected chi connectivity index (χ2v) is 5.89. The maximum absolute atomic E-state index is 9.11. The Hall–Kier alpha value is -0.980. The van der Waals surface area contributed by atoms with Crippen LogP contribution in [0.25, 0.3) is 0 Å². The fourth-order valence-electron chi connectivity index (χ4n) is 2.85. The number of nitrogens with zero attached hydrogens (tertiary/aromatic N) is 2. The second kappa shape index (κ2) is 4.72. The molecular formula is C14H16N2S. The number of thioether (sulfide) groups is 1. The molecule has 0 aliphatic carbocycles. The van der Waals surface area contributed by atoms with Crippen molar-refractivity contribution in [3.05, 3.63) is 29.8 Å². The van der Waals surface area contributed by atoms with Gasteiger partial charge in [0.1, 0.15) is 0 Å². The van der Waals surface area contributed by atoms with Gasteiger partial charge in [-0.25, -0.2) is 0 Å². The van der Waals surface area contributed by atoms with Crippen LogP contribution in [-0.4, -0.2) is 29.8 Å². The van der Waals surface area contributed by atoms with Crippen LogP contribution in [0.5, 0.6) is 0 Å². The Morgan fingerprint density at radius 2 is 2.29 bits per heavy atom. The zero-order valence-electron chi connectivity index (χ0n) is 9.80. The molecule has 0 saturated carbocycles. The van der Waals surface area contributed by atoms with Crippen LogP contribution in [0.2, 0.25) is 0 Å². The van der Waals surface area contributed by atoms with Crippen molar-refractivity contribution < 1.29 is 0 Å². The monoisotopic (exact) mass is 244 g/mol. The Labute approximate surface area is 107 Å². The van der Waals surface area contributed by atoms with Gasteiger partial charge in [-0.15, -0.1) is 11.8 Å². The van der Waals surface area contributed by atoms with Crippen LogP contribution in [0, 0.1) is 11.3 Å². The van der Waals surface area contributed by atoms with Crippen molar-refractivity contribution in [3.63, 3.8) is 0 Å². The van der Waals surface area contributed by atoms with E-state index >= 15 is 0 Å². The van der Waals surface area contributed by atoms with Crippen molar-refractivity contribution in [2.45, 2.75) is 29.7 Å². The van der Waals surface area contributed by atoms with Gasteiger partial charge in [-0.1, -0.05) is 18.2 Å². The SMILES string of the molecule is N#CC1CCCN1CC1CSc2ccccc21. The highest BCUT2D eigenvalue weighted by Crippen LogP contribution is 2.40. The number of rotatable bonds is 2. The molecule has 1 aromatic rings. The Bertz CT molecular complexity index is 452. The van der Waals surface area contributed by atoms with Crippen LogP contribution in [0.4, 0.5) is 0 Å². The molecule has 1 saturated heterocycles. The van der Waals surface area contributed by atoms with Gasteiger partial charge in [-0.3, -0.25) is 4.90 Å². The number of benzene rings is 1. The van der Waals surface area contributed by atoms with E-state index in [0.717, 1.165) is 19.5 Å². The molecule has 0 aromatic heterocycles. The van der Waals surface area contributed by atoms with Gasteiger partial charge in [0.2, 0.25) is 0 Å². The molecule has 0 N–H and O–H groups in total. The van der Waals surface area contributed by atoms with Crippen molar-refractivity contribution in [1.29, 1.82) is 5.26 Å². The number of likely N-dealkylation sites (tertiary alicyclic amines) is 1. The van der Waals surface area contributed by atoms with Crippen LogP contribution in [0.3, 0.4) is 0 Å². The van der Waals surface area contributed by atoms with E-state index < -0.39 is 0 Å². The van der Waals surface area contributed by atoms with E-state index in [4.69, 9.17) is 5.26 Å². The lowest BCUT2D eigenvalue weighted by Crippen LogP contribution is -2.32. The minimum Gasteiger partial charge on any atom is -0.287 e. The maximum Gasteiger partial charge on any atom is 0.0978 e. The van der Waals surface area contributed by atoms with Crippen LogP contribution in [-0.2, 0) is 0 Å². The summed E-state index contributed by atoms with van der Waals surface area (Å²) >= 11 is 1.96. The summed E-state index contributed by atoms with van der Waals surface area (Å²) in [5.74, 6) is 1.79. The van der Waals surface area contributed by atoms with Crippen molar-refractivity contribution in [2.75, 3.05) is 18.8 Å². The van der Waals surface area contributed by atoms with Gasteiger partial charge in [0.05, 0.1) is 12.1 Å². The molecule has 1 aromatic carbocycles. The average Bonchev–Trinajstić information content (AvgIpc) is 2.97. The van der Waals surface area contributed by atoms with E-state index in [1.165, 1.54) is 22.6 Å². The summed E-state index contributed by atoms with van der Waals surface area (Å²) in [5.41, 5.74) is 1.49. The molecule has 0 amide bonds. The summed E-state index contributed by atoms with van der Waals surface area (Å²) in [7, 11) is 0. The molecule has 17 heavy (non-hydrogen) atoms. The van der Waals surface area contributed by atoms with Crippen LogP contribution < -0.4 is 0 Å². The molecule has 0 radical (unpaired) electrons. The second-order valence-electron chi connectivity index (χ2n) is 4.83. The van der Waals surface area contributed by atoms with E-state index in [1.54, 1.807) is 0 Å². The molecular weight excluding hydrogens is 228 g/mol. The minimum atomic E-state index is 0.160. The largest absolute Gasteiger partial charge is 0.287 e. The molecule has 1 fully saturated rings. The van der Waals surface area contributed by atoms with E-state index in [9.17, 15) is 0 Å². The first-order chi connectivity index (χ1) is 8.38. The smallest absolute Gasteiger partial charge is 0.0978 e. The average molecular weight is 244 g/mol. The topological polar surface area (TPSA) is 27.0 Å². The standard InChI is InChI=1S/C14H16N2S/c15-8-12-4-3-7-16(12)9-11-10-17-14-6-2-1-5-13(11)14/h1-2,5-6,11-12H,3-4,7,9-10H2. The molecule has 0 spiro atoms. The predicted octanol–water partition coefficient (Wildman–Crippen LogP) is 2.86. The van der Waals surface area contributed by atoms with E-state index in [-0.39, 0.29) is 6.04 Å². The third-order valence-corrected chi connectivity index (χ3v) is 5.02. The van der Waals surface area contributed by atoms with Gasteiger partial charge in [-0.05, 0) is 31.0 Å². The molecule has 2 atom stereocenters. The lowest BCUT2D eigenvalue weighted by atomic mass is 10.0. The quantitative estimate of drug-likeness (QED) is 0.800. The van der Waals surface area contributed by atoms with E-state index in [1.807, 2.05) is 11.8 Å². The molecule has 2 unspecified atom stereocenters.